The Morgan fingerprint density at radius 1 is 1.00 bits per heavy atom. The minimum Gasteiger partial charge on any atom is -0.494 e. The molecular weight excluding hydrogens is 392 g/mol. The Labute approximate surface area is 164 Å². The van der Waals surface area contributed by atoms with Crippen molar-refractivity contribution >= 4 is 16.8 Å². The predicted molar refractivity (Wildman–Crippen MR) is 99.4 cm³/mol. The van der Waals surface area contributed by atoms with Gasteiger partial charge >= 0.3 is 0 Å². The van der Waals surface area contributed by atoms with Gasteiger partial charge in [-0.05, 0) is 48.0 Å². The van der Waals surface area contributed by atoms with Gasteiger partial charge in [-0.15, -0.1) is 0 Å². The molecule has 28 heavy (non-hydrogen) atoms. The van der Waals surface area contributed by atoms with E-state index in [4.69, 9.17) is 25.8 Å². The molecule has 2 aromatic carbocycles. The van der Waals surface area contributed by atoms with E-state index in [0.717, 1.165) is 6.07 Å². The number of ether oxygens (including phenoxy) is 3. The third kappa shape index (κ3) is 3.89. The lowest BCUT2D eigenvalue weighted by Gasteiger charge is -2.12. The standard InChI is InChI=1S/C20H14ClF2NO4/c1-26-16-5-3-4-12(18(16)23)15-9-7-13(19(21)25)20(24-15)28-11-6-8-14(22)17(10-11)27-2/h3-10H,1-2H3. The molecule has 0 spiro atoms. The molecule has 0 N–H and O–H groups in total. The molecule has 144 valence electrons. The van der Waals surface area contributed by atoms with E-state index in [0.29, 0.717) is 0 Å². The number of nitrogens with zero attached hydrogens (tertiary/aromatic N) is 1. The molecule has 5 nitrogen and oxygen atoms in total. The monoisotopic (exact) mass is 405 g/mol. The molecule has 0 atom stereocenters. The maximum Gasteiger partial charge on any atom is 0.257 e. The average Bonchev–Trinajstić information content (AvgIpc) is 2.69. The molecule has 1 aromatic heterocycles. The highest BCUT2D eigenvalue weighted by atomic mass is 35.5. The number of pyridine rings is 1. The molecule has 3 aromatic rings. The van der Waals surface area contributed by atoms with E-state index in [1.165, 1.54) is 50.6 Å². The van der Waals surface area contributed by atoms with E-state index in [9.17, 15) is 13.6 Å². The van der Waals surface area contributed by atoms with Gasteiger partial charge in [0.25, 0.3) is 5.24 Å². The van der Waals surface area contributed by atoms with Crippen LogP contribution < -0.4 is 14.2 Å². The third-order valence-electron chi connectivity index (χ3n) is 3.87. The first-order valence-electron chi connectivity index (χ1n) is 7.99. The summed E-state index contributed by atoms with van der Waals surface area (Å²) in [5.41, 5.74) is 0.314. The second kappa shape index (κ2) is 8.22. The van der Waals surface area contributed by atoms with Gasteiger partial charge in [-0.25, -0.2) is 13.8 Å². The lowest BCUT2D eigenvalue weighted by Crippen LogP contribution is -2.01. The van der Waals surface area contributed by atoms with Crippen LogP contribution in [0.25, 0.3) is 11.3 Å². The van der Waals surface area contributed by atoms with Crippen molar-refractivity contribution in [3.05, 3.63) is 65.7 Å². The highest BCUT2D eigenvalue weighted by Crippen LogP contribution is 2.33. The van der Waals surface area contributed by atoms with Crippen LogP contribution in [0.3, 0.4) is 0 Å². The second-order valence-corrected chi connectivity index (χ2v) is 5.89. The van der Waals surface area contributed by atoms with Crippen LogP contribution in [-0.4, -0.2) is 24.4 Å². The predicted octanol–water partition coefficient (Wildman–Crippen LogP) is 5.22. The number of methoxy groups -OCH3 is 2. The van der Waals surface area contributed by atoms with Crippen LogP contribution in [0, 0.1) is 11.6 Å². The number of rotatable bonds is 6. The van der Waals surface area contributed by atoms with Crippen LogP contribution in [0.4, 0.5) is 8.78 Å². The Hall–Kier alpha value is -3.19. The third-order valence-corrected chi connectivity index (χ3v) is 4.07. The Morgan fingerprint density at radius 2 is 1.75 bits per heavy atom. The van der Waals surface area contributed by atoms with Gasteiger partial charge in [0, 0.05) is 11.6 Å². The number of carbonyl (C=O) groups is 1. The van der Waals surface area contributed by atoms with Crippen LogP contribution in [0.5, 0.6) is 23.1 Å². The SMILES string of the molecule is COc1cc(Oc2nc(-c3cccc(OC)c3F)ccc2C(=O)Cl)ccc1F. The Morgan fingerprint density at radius 3 is 2.43 bits per heavy atom. The molecular formula is C20H14ClF2NO4. The molecule has 0 aliphatic carbocycles. The van der Waals surface area contributed by atoms with Gasteiger partial charge in [0.1, 0.15) is 5.75 Å². The summed E-state index contributed by atoms with van der Waals surface area (Å²) in [5, 5.41) is -0.811. The van der Waals surface area contributed by atoms with Gasteiger partial charge in [0.15, 0.2) is 23.1 Å². The summed E-state index contributed by atoms with van der Waals surface area (Å²) in [4.78, 5) is 15.9. The van der Waals surface area contributed by atoms with E-state index < -0.39 is 16.9 Å². The van der Waals surface area contributed by atoms with Gasteiger partial charge in [0.2, 0.25) is 5.88 Å². The average molecular weight is 406 g/mol. The Bertz CT molecular complexity index is 1040. The summed E-state index contributed by atoms with van der Waals surface area (Å²) >= 11 is 5.60. The summed E-state index contributed by atoms with van der Waals surface area (Å²) in [6.45, 7) is 0. The van der Waals surface area contributed by atoms with Gasteiger partial charge in [-0.3, -0.25) is 4.79 Å². The first-order chi connectivity index (χ1) is 13.4. The summed E-state index contributed by atoms with van der Waals surface area (Å²) in [7, 11) is 2.65. The number of aromatic nitrogens is 1. The van der Waals surface area contributed by atoms with E-state index in [1.807, 2.05) is 0 Å². The molecule has 8 heteroatoms. The van der Waals surface area contributed by atoms with E-state index in [1.54, 1.807) is 6.07 Å². The molecule has 0 unspecified atom stereocenters. The maximum absolute atomic E-state index is 14.6. The van der Waals surface area contributed by atoms with Crippen LogP contribution >= 0.6 is 11.6 Å². The molecule has 3 rings (SSSR count). The zero-order valence-electron chi connectivity index (χ0n) is 14.8. The minimum atomic E-state index is -0.811. The number of halogens is 3. The Kier molecular flexibility index (Phi) is 5.75. The van der Waals surface area contributed by atoms with E-state index in [-0.39, 0.29) is 39.9 Å². The zero-order valence-corrected chi connectivity index (χ0v) is 15.6. The van der Waals surface area contributed by atoms with Gasteiger partial charge in [-0.1, -0.05) is 6.07 Å². The van der Waals surface area contributed by atoms with Crippen LogP contribution in [0.2, 0.25) is 0 Å². The summed E-state index contributed by atoms with van der Waals surface area (Å²) in [6, 6.07) is 11.1. The van der Waals surface area contributed by atoms with Crippen molar-refractivity contribution in [3.63, 3.8) is 0 Å². The van der Waals surface area contributed by atoms with Crippen molar-refractivity contribution in [2.45, 2.75) is 0 Å². The topological polar surface area (TPSA) is 57.6 Å². The van der Waals surface area contributed by atoms with Crippen molar-refractivity contribution in [1.82, 2.24) is 4.98 Å². The molecule has 0 saturated carbocycles. The van der Waals surface area contributed by atoms with Crippen molar-refractivity contribution in [3.8, 4) is 34.4 Å². The normalized spacial score (nSPS) is 10.5. The highest BCUT2D eigenvalue weighted by molar-refractivity contribution is 6.68. The molecule has 0 saturated heterocycles. The summed E-state index contributed by atoms with van der Waals surface area (Å²) in [5.74, 6) is -1.20. The van der Waals surface area contributed by atoms with Crippen molar-refractivity contribution in [2.24, 2.45) is 0 Å². The molecule has 0 amide bonds. The number of hydrogen-bond acceptors (Lipinski definition) is 5. The quantitative estimate of drug-likeness (QED) is 0.526. The van der Waals surface area contributed by atoms with Crippen LogP contribution in [-0.2, 0) is 0 Å². The molecule has 0 fully saturated rings. The van der Waals surface area contributed by atoms with Gasteiger partial charge in [-0.2, -0.15) is 0 Å². The van der Waals surface area contributed by atoms with Crippen molar-refractivity contribution < 1.29 is 27.8 Å². The Balaban J connectivity index is 2.07. The fraction of sp³-hybridized carbons (Fsp3) is 0.100. The van der Waals surface area contributed by atoms with Crippen molar-refractivity contribution in [1.29, 1.82) is 0 Å². The fourth-order valence-electron chi connectivity index (χ4n) is 2.50. The van der Waals surface area contributed by atoms with E-state index in [2.05, 4.69) is 4.98 Å². The lowest BCUT2D eigenvalue weighted by atomic mass is 10.1. The first kappa shape index (κ1) is 19.6. The zero-order chi connectivity index (χ0) is 20.3. The first-order valence-corrected chi connectivity index (χ1v) is 8.37. The maximum atomic E-state index is 14.6. The highest BCUT2D eigenvalue weighted by Gasteiger charge is 2.18. The molecule has 0 radical (unpaired) electrons. The van der Waals surface area contributed by atoms with Crippen molar-refractivity contribution in [2.75, 3.05) is 14.2 Å². The summed E-state index contributed by atoms with van der Waals surface area (Å²) in [6.07, 6.45) is 0. The minimum absolute atomic E-state index is 0.0305. The van der Waals surface area contributed by atoms with E-state index >= 15 is 0 Å². The smallest absolute Gasteiger partial charge is 0.257 e. The lowest BCUT2D eigenvalue weighted by molar-refractivity contribution is 0.107. The molecule has 0 aliphatic rings. The second-order valence-electron chi connectivity index (χ2n) is 5.54. The molecule has 1 heterocycles. The van der Waals surface area contributed by atoms with Crippen LogP contribution in [0.15, 0.2) is 48.5 Å². The summed E-state index contributed by atoms with van der Waals surface area (Å²) < 4.78 is 43.6. The van der Waals surface area contributed by atoms with Gasteiger partial charge in [0.05, 0.1) is 25.5 Å². The molecule has 0 aliphatic heterocycles. The largest absolute Gasteiger partial charge is 0.494 e. The van der Waals surface area contributed by atoms with Crippen LogP contribution in [0.1, 0.15) is 10.4 Å². The van der Waals surface area contributed by atoms with Gasteiger partial charge < -0.3 is 14.2 Å². The number of carbonyl (C=O) groups excluding carboxylic acids is 1. The molecule has 0 bridgehead atoms. The number of hydrogen-bond donors (Lipinski definition) is 0. The fourth-order valence-corrected chi connectivity index (χ4v) is 2.64. The number of benzene rings is 2.